The van der Waals surface area contributed by atoms with Crippen molar-refractivity contribution in [3.63, 3.8) is 0 Å². The highest BCUT2D eigenvalue weighted by molar-refractivity contribution is 6.31. The monoisotopic (exact) mass is 315 g/mol. The molecule has 21 heavy (non-hydrogen) atoms. The van der Waals surface area contributed by atoms with E-state index in [9.17, 15) is 0 Å². The molecule has 3 nitrogen and oxygen atoms in total. The van der Waals surface area contributed by atoms with Crippen molar-refractivity contribution in [1.29, 1.82) is 0 Å². The zero-order valence-electron chi connectivity index (χ0n) is 10.9. The van der Waals surface area contributed by atoms with Crippen LogP contribution in [0.4, 0.5) is 11.5 Å². The van der Waals surface area contributed by atoms with Crippen LogP contribution < -0.4 is 5.32 Å². The summed E-state index contributed by atoms with van der Waals surface area (Å²) < 4.78 is 0. The van der Waals surface area contributed by atoms with Gasteiger partial charge in [0.05, 0.1) is 0 Å². The number of nitrogens with zero attached hydrogens (tertiary/aromatic N) is 2. The van der Waals surface area contributed by atoms with Gasteiger partial charge in [0.15, 0.2) is 5.82 Å². The van der Waals surface area contributed by atoms with Crippen molar-refractivity contribution < 1.29 is 0 Å². The molecule has 0 bridgehead atoms. The number of hydrogen-bond donors (Lipinski definition) is 1. The number of halogens is 2. The van der Waals surface area contributed by atoms with Crippen molar-refractivity contribution in [2.24, 2.45) is 0 Å². The van der Waals surface area contributed by atoms with Crippen LogP contribution in [0, 0.1) is 0 Å². The molecule has 0 amide bonds. The van der Waals surface area contributed by atoms with E-state index in [0.717, 1.165) is 11.3 Å². The van der Waals surface area contributed by atoms with Gasteiger partial charge in [0.2, 0.25) is 0 Å². The summed E-state index contributed by atoms with van der Waals surface area (Å²) >= 11 is 12.1. The lowest BCUT2D eigenvalue weighted by Crippen LogP contribution is -1.97. The van der Waals surface area contributed by atoms with Crippen molar-refractivity contribution in [2.45, 2.75) is 0 Å². The summed E-state index contributed by atoms with van der Waals surface area (Å²) in [4.78, 5) is 8.73. The van der Waals surface area contributed by atoms with Crippen LogP contribution in [-0.2, 0) is 0 Å². The van der Waals surface area contributed by atoms with Crippen LogP contribution in [0.15, 0.2) is 60.7 Å². The molecule has 1 heterocycles. The Hall–Kier alpha value is -2.10. The summed E-state index contributed by atoms with van der Waals surface area (Å²) in [6, 6.07) is 18.8. The van der Waals surface area contributed by atoms with E-state index < -0.39 is 0 Å². The molecule has 1 N–H and O–H groups in total. The predicted octanol–water partition coefficient (Wildman–Crippen LogP) is 5.19. The van der Waals surface area contributed by atoms with Crippen LogP contribution in [0.5, 0.6) is 0 Å². The van der Waals surface area contributed by atoms with E-state index in [1.165, 1.54) is 0 Å². The van der Waals surface area contributed by atoms with Crippen LogP contribution in [0.1, 0.15) is 0 Å². The molecule has 0 atom stereocenters. The fourth-order valence-electron chi connectivity index (χ4n) is 1.91. The Balaban J connectivity index is 1.95. The normalized spacial score (nSPS) is 10.4. The van der Waals surface area contributed by atoms with Gasteiger partial charge in [-0.25, -0.2) is 9.97 Å². The average molecular weight is 316 g/mol. The van der Waals surface area contributed by atoms with Gasteiger partial charge >= 0.3 is 0 Å². The lowest BCUT2D eigenvalue weighted by atomic mass is 10.2. The Morgan fingerprint density at radius 2 is 1.62 bits per heavy atom. The van der Waals surface area contributed by atoms with Crippen molar-refractivity contribution >= 4 is 34.7 Å². The molecule has 0 fully saturated rings. The first-order valence-corrected chi connectivity index (χ1v) is 7.09. The highest BCUT2D eigenvalue weighted by Crippen LogP contribution is 2.23. The fraction of sp³-hybridized carbons (Fsp3) is 0. The molecule has 104 valence electrons. The molecule has 1 aromatic heterocycles. The van der Waals surface area contributed by atoms with Crippen molar-refractivity contribution in [3.8, 4) is 11.4 Å². The van der Waals surface area contributed by atoms with E-state index in [0.29, 0.717) is 21.8 Å². The summed E-state index contributed by atoms with van der Waals surface area (Å²) in [5.74, 6) is 1.20. The van der Waals surface area contributed by atoms with Gasteiger partial charge < -0.3 is 5.32 Å². The zero-order chi connectivity index (χ0) is 14.7. The first-order valence-electron chi connectivity index (χ1n) is 6.33. The second-order valence-electron chi connectivity index (χ2n) is 4.40. The smallest absolute Gasteiger partial charge is 0.163 e. The Bertz CT molecular complexity index is 760. The third kappa shape index (κ3) is 3.51. The van der Waals surface area contributed by atoms with Gasteiger partial charge in [-0.05, 0) is 18.2 Å². The summed E-state index contributed by atoms with van der Waals surface area (Å²) in [5.41, 5.74) is 1.76. The second kappa shape index (κ2) is 6.12. The fourth-order valence-corrected chi connectivity index (χ4v) is 2.29. The minimum absolute atomic E-state index is 0.383. The maximum absolute atomic E-state index is 6.08. The number of hydrogen-bond acceptors (Lipinski definition) is 3. The summed E-state index contributed by atoms with van der Waals surface area (Å²) in [6.45, 7) is 0. The van der Waals surface area contributed by atoms with Crippen molar-refractivity contribution in [1.82, 2.24) is 9.97 Å². The maximum atomic E-state index is 6.08. The van der Waals surface area contributed by atoms with E-state index >= 15 is 0 Å². The van der Waals surface area contributed by atoms with E-state index in [1.54, 1.807) is 6.07 Å². The number of nitrogens with one attached hydrogen (secondary N) is 1. The minimum atomic E-state index is 0.383. The number of rotatable bonds is 3. The van der Waals surface area contributed by atoms with E-state index in [2.05, 4.69) is 15.3 Å². The highest BCUT2D eigenvalue weighted by Gasteiger charge is 2.06. The largest absolute Gasteiger partial charge is 0.340 e. The molecule has 0 spiro atoms. The standard InChI is InChI=1S/C16H11Cl2N3/c17-12-7-4-8-13(9-12)19-15-10-14(18)20-16(21-15)11-5-2-1-3-6-11/h1-10H,(H,19,20,21). The molecule has 2 aromatic carbocycles. The lowest BCUT2D eigenvalue weighted by molar-refractivity contribution is 1.17. The summed E-state index contributed by atoms with van der Waals surface area (Å²) in [6.07, 6.45) is 0. The molecule has 0 saturated carbocycles. The van der Waals surface area contributed by atoms with Crippen LogP contribution >= 0.6 is 23.2 Å². The van der Waals surface area contributed by atoms with Crippen LogP contribution in [-0.4, -0.2) is 9.97 Å². The third-order valence-corrected chi connectivity index (χ3v) is 3.25. The number of aromatic nitrogens is 2. The molecule has 3 aromatic rings. The van der Waals surface area contributed by atoms with Gasteiger partial charge in [0.1, 0.15) is 11.0 Å². The first kappa shape index (κ1) is 13.9. The van der Waals surface area contributed by atoms with Gasteiger partial charge in [-0.15, -0.1) is 0 Å². The first-order chi connectivity index (χ1) is 10.2. The SMILES string of the molecule is Clc1cccc(Nc2cc(Cl)nc(-c3ccccc3)n2)c1. The number of benzene rings is 2. The van der Waals surface area contributed by atoms with Gasteiger partial charge in [0, 0.05) is 22.3 Å². The van der Waals surface area contributed by atoms with E-state index in [1.807, 2.05) is 54.6 Å². The highest BCUT2D eigenvalue weighted by atomic mass is 35.5. The molecule has 0 saturated heterocycles. The molecule has 0 unspecified atom stereocenters. The van der Waals surface area contributed by atoms with Gasteiger partial charge in [-0.3, -0.25) is 0 Å². The molecule has 0 aliphatic heterocycles. The van der Waals surface area contributed by atoms with Crippen molar-refractivity contribution in [2.75, 3.05) is 5.32 Å². The Kier molecular flexibility index (Phi) is 4.04. The second-order valence-corrected chi connectivity index (χ2v) is 5.22. The minimum Gasteiger partial charge on any atom is -0.340 e. The molecule has 0 radical (unpaired) electrons. The van der Waals surface area contributed by atoms with E-state index in [4.69, 9.17) is 23.2 Å². The molecular formula is C16H11Cl2N3. The zero-order valence-corrected chi connectivity index (χ0v) is 12.4. The maximum Gasteiger partial charge on any atom is 0.163 e. The molecular weight excluding hydrogens is 305 g/mol. The Morgan fingerprint density at radius 1 is 0.810 bits per heavy atom. The van der Waals surface area contributed by atoms with Gasteiger partial charge in [-0.1, -0.05) is 59.6 Å². The Labute approximate surface area is 132 Å². The van der Waals surface area contributed by atoms with Gasteiger partial charge in [0.25, 0.3) is 0 Å². The van der Waals surface area contributed by atoms with Crippen LogP contribution in [0.3, 0.4) is 0 Å². The predicted molar refractivity (Wildman–Crippen MR) is 87.2 cm³/mol. The lowest BCUT2D eigenvalue weighted by Gasteiger charge is -2.08. The quantitative estimate of drug-likeness (QED) is 0.675. The Morgan fingerprint density at radius 3 is 2.38 bits per heavy atom. The third-order valence-electron chi connectivity index (χ3n) is 2.82. The van der Waals surface area contributed by atoms with Crippen LogP contribution in [0.25, 0.3) is 11.4 Å². The van der Waals surface area contributed by atoms with Crippen LogP contribution in [0.2, 0.25) is 10.2 Å². The average Bonchev–Trinajstić information content (AvgIpc) is 2.47. The number of anilines is 2. The van der Waals surface area contributed by atoms with E-state index in [-0.39, 0.29) is 0 Å². The topological polar surface area (TPSA) is 37.8 Å². The van der Waals surface area contributed by atoms with Crippen molar-refractivity contribution in [3.05, 3.63) is 70.8 Å². The van der Waals surface area contributed by atoms with Gasteiger partial charge in [-0.2, -0.15) is 0 Å². The summed E-state index contributed by atoms with van der Waals surface area (Å²) in [5, 5.41) is 4.21. The molecule has 0 aliphatic carbocycles. The molecule has 3 rings (SSSR count). The molecule has 0 aliphatic rings. The molecule has 5 heteroatoms. The summed E-state index contributed by atoms with van der Waals surface area (Å²) in [7, 11) is 0.